The topological polar surface area (TPSA) is 9.86 Å². The van der Waals surface area contributed by atoms with Crippen LogP contribution in [0.2, 0.25) is 0 Å². The Kier molecular flexibility index (Phi) is 6.00. The summed E-state index contributed by atoms with van der Waals surface area (Å²) < 4.78 is 5.23. The van der Waals surface area contributed by atoms with Crippen molar-refractivity contribution in [2.75, 3.05) is 0 Å². The van der Waals surface area contributed by atoms with Gasteiger partial charge in [-0.3, -0.25) is 0 Å². The number of rotatable bonds is 0. The minimum atomic E-state index is 0.0791. The Morgan fingerprint density at radius 1 is 0.411 bits per heavy atom. The Bertz CT molecular complexity index is 3080. The molecule has 0 saturated carbocycles. The highest BCUT2D eigenvalue weighted by Crippen LogP contribution is 2.45. The van der Waals surface area contributed by atoms with Gasteiger partial charge in [-0.1, -0.05) is 149 Å². The molecule has 2 aromatic heterocycles. The molecule has 0 unspecified atom stereocenters. The first-order valence-corrected chi connectivity index (χ1v) is 21.6. The monoisotopic (exact) mass is 752 g/mol. The first kappa shape index (κ1) is 32.1. The van der Waals surface area contributed by atoms with Gasteiger partial charge in [-0.25, -0.2) is 0 Å². The van der Waals surface area contributed by atoms with E-state index in [-0.39, 0.29) is 24.3 Å². The van der Waals surface area contributed by atoms with Crippen LogP contribution in [-0.4, -0.2) is 22.6 Å². The molecule has 0 radical (unpaired) electrons. The van der Waals surface area contributed by atoms with Crippen molar-refractivity contribution < 1.29 is 0 Å². The maximum Gasteiger partial charge on any atom is 0.249 e. The summed E-state index contributed by atoms with van der Waals surface area (Å²) in [5, 5.41) is 5.34. The largest absolute Gasteiger partial charge is 0.310 e. The second-order valence-electron chi connectivity index (χ2n) is 18.5. The summed E-state index contributed by atoms with van der Waals surface area (Å²) in [7, 11) is 0. The van der Waals surface area contributed by atoms with Crippen molar-refractivity contribution in [3.63, 3.8) is 0 Å². The number of para-hydroxylation sites is 2. The molecule has 0 bridgehead atoms. The molecule has 0 aliphatic carbocycles. The van der Waals surface area contributed by atoms with Crippen LogP contribution in [0, 0.1) is 0 Å². The van der Waals surface area contributed by atoms with Crippen LogP contribution in [0.15, 0.2) is 141 Å². The van der Waals surface area contributed by atoms with E-state index >= 15 is 0 Å². The van der Waals surface area contributed by atoms with E-state index in [0.29, 0.717) is 0 Å². The Morgan fingerprint density at radius 3 is 1.25 bits per heavy atom. The molecule has 6 heterocycles. The smallest absolute Gasteiger partial charge is 0.249 e. The number of nitrogens with zero attached hydrogens (tertiary/aromatic N) is 2. The van der Waals surface area contributed by atoms with Gasteiger partial charge in [0.2, 0.25) is 13.4 Å². The van der Waals surface area contributed by atoms with Crippen LogP contribution in [0.25, 0.3) is 55.0 Å². The molecule has 0 fully saturated rings. The zero-order valence-corrected chi connectivity index (χ0v) is 34.0. The fourth-order valence-electron chi connectivity index (χ4n) is 10.7. The third-order valence-electron chi connectivity index (χ3n) is 13.3. The number of benzene rings is 7. The predicted molar refractivity (Wildman–Crippen MR) is 243 cm³/mol. The van der Waals surface area contributed by atoms with Gasteiger partial charge in [-0.05, 0) is 92.3 Å². The van der Waals surface area contributed by atoms with Crippen molar-refractivity contribution in [2.45, 2.75) is 72.0 Å². The van der Waals surface area contributed by atoms with Gasteiger partial charge in [0, 0.05) is 52.5 Å². The van der Waals surface area contributed by atoms with E-state index in [2.05, 4.69) is 172 Å². The molecule has 13 rings (SSSR count). The van der Waals surface area contributed by atoms with E-state index in [1.165, 1.54) is 118 Å². The van der Waals surface area contributed by atoms with E-state index in [1.54, 1.807) is 0 Å². The quantitative estimate of drug-likeness (QED) is 0.143. The van der Waals surface area contributed by atoms with Crippen molar-refractivity contribution in [1.29, 1.82) is 0 Å². The average molecular weight is 753 g/mol. The molecule has 9 aromatic rings. The molecule has 2 nitrogen and oxygen atoms in total. The van der Waals surface area contributed by atoms with Crippen molar-refractivity contribution >= 4 is 113 Å². The van der Waals surface area contributed by atoms with Gasteiger partial charge >= 0.3 is 0 Å². The van der Waals surface area contributed by atoms with E-state index in [1.807, 2.05) is 23.5 Å². The van der Waals surface area contributed by atoms with Gasteiger partial charge in [-0.15, -0.1) is 0 Å². The van der Waals surface area contributed by atoms with Crippen LogP contribution in [0.5, 0.6) is 0 Å². The summed E-state index contributed by atoms with van der Waals surface area (Å²) in [6.45, 7) is 14.4. The Morgan fingerprint density at radius 2 is 0.821 bits per heavy atom. The molecule has 0 N–H and O–H groups in total. The van der Waals surface area contributed by atoms with Gasteiger partial charge in [0.05, 0.1) is 22.1 Å². The summed E-state index contributed by atoms with van der Waals surface area (Å²) in [5.41, 5.74) is 19.5. The molecule has 7 aromatic carbocycles. The second-order valence-corrected chi connectivity index (χ2v) is 20.7. The van der Waals surface area contributed by atoms with Crippen molar-refractivity contribution in [3.8, 4) is 11.4 Å². The Hall–Kier alpha value is -5.03. The normalized spacial score (nSPS) is 14.8. The molecule has 0 amide bonds. The predicted octanol–water partition coefficient (Wildman–Crippen LogP) is 9.06. The van der Waals surface area contributed by atoms with Gasteiger partial charge in [0.15, 0.2) is 0 Å². The highest BCUT2D eigenvalue weighted by molar-refractivity contribution is 8.00. The number of hydrogen-bond donors (Lipinski definition) is 0. The molecule has 4 aliphatic heterocycles. The molecule has 0 atom stereocenters. The van der Waals surface area contributed by atoms with Gasteiger partial charge in [-0.2, -0.15) is 0 Å². The minimum absolute atomic E-state index is 0.0791. The van der Waals surface area contributed by atoms with Crippen molar-refractivity contribution in [2.24, 2.45) is 0 Å². The fraction of sp³-hybridized carbons (Fsp3) is 0.160. The van der Waals surface area contributed by atoms with Gasteiger partial charge in [0.1, 0.15) is 0 Å². The summed E-state index contributed by atoms with van der Waals surface area (Å²) in [5.74, 6) is 0. The third kappa shape index (κ3) is 3.95. The van der Waals surface area contributed by atoms with Crippen LogP contribution >= 0.6 is 23.5 Å². The highest BCUT2D eigenvalue weighted by Gasteiger charge is 2.42. The summed E-state index contributed by atoms with van der Waals surface area (Å²) in [6.07, 6.45) is 0. The molecule has 0 saturated heterocycles. The van der Waals surface area contributed by atoms with Crippen LogP contribution in [0.4, 0.5) is 0 Å². The summed E-state index contributed by atoms with van der Waals surface area (Å²) in [4.78, 5) is 5.52. The molecule has 6 heteroatoms. The zero-order valence-electron chi connectivity index (χ0n) is 32.4. The average Bonchev–Trinajstić information content (AvgIpc) is 3.70. The molecule has 0 spiro atoms. The molecule has 56 heavy (non-hydrogen) atoms. The second kappa shape index (κ2) is 10.5. The SMILES string of the molecule is CC(C)(C)c1ccc2c(c1)B1c3ccccc3-n3c4cc5c6ccc7c8c6n(c5cc4c4ccc(c1c43)S2)-c1ccccc1B8c1cc(C(C)(C)C)ccc1S7. The fourth-order valence-corrected chi connectivity index (χ4v) is 12.9. The highest BCUT2D eigenvalue weighted by atomic mass is 32.2. The van der Waals surface area contributed by atoms with Crippen LogP contribution in [-0.2, 0) is 10.8 Å². The van der Waals surface area contributed by atoms with E-state index < -0.39 is 0 Å². The van der Waals surface area contributed by atoms with Gasteiger partial charge < -0.3 is 9.13 Å². The maximum absolute atomic E-state index is 2.62. The standard InChI is InChI=1S/C50H38B2N2S2/c1-49(2,3)27-15-19-41-35(23-27)51-33-11-7-9-13-37(33)53-39-26-32-30-18-22-44-46-48(30)54(40(32)25-31(39)29-17-21-43(55-41)45(51)47(29)53)38-14-10-8-12-34(38)52(46)36-24-28(50(4,5)6)16-20-42(36)56-44/h7-26H,1-6H3. The number of aromatic nitrogens is 2. The maximum atomic E-state index is 2.62. The Labute approximate surface area is 336 Å². The zero-order chi connectivity index (χ0) is 37.6. The molecule has 266 valence electrons. The third-order valence-corrected chi connectivity index (χ3v) is 15.7. The lowest BCUT2D eigenvalue weighted by Crippen LogP contribution is -2.58. The lowest BCUT2D eigenvalue weighted by Gasteiger charge is -2.34. The molecule has 4 aliphatic rings. The summed E-state index contributed by atoms with van der Waals surface area (Å²) in [6, 6.07) is 47.6. The van der Waals surface area contributed by atoms with Crippen LogP contribution < -0.4 is 32.8 Å². The van der Waals surface area contributed by atoms with E-state index in [9.17, 15) is 0 Å². The summed E-state index contributed by atoms with van der Waals surface area (Å²) >= 11 is 3.90. The Balaban J connectivity index is 1.13. The first-order valence-electron chi connectivity index (χ1n) is 20.0. The lowest BCUT2D eigenvalue weighted by molar-refractivity contribution is 0.590. The molecular weight excluding hydrogens is 714 g/mol. The lowest BCUT2D eigenvalue weighted by atomic mass is 9.35. The van der Waals surface area contributed by atoms with Crippen LogP contribution in [0.3, 0.4) is 0 Å². The number of fused-ring (bicyclic) bond motifs is 16. The minimum Gasteiger partial charge on any atom is -0.310 e. The van der Waals surface area contributed by atoms with Crippen LogP contribution in [0.1, 0.15) is 52.7 Å². The van der Waals surface area contributed by atoms with E-state index in [4.69, 9.17) is 0 Å². The first-order chi connectivity index (χ1) is 27.0. The van der Waals surface area contributed by atoms with Crippen molar-refractivity contribution in [1.82, 2.24) is 9.13 Å². The number of hydrogen-bond acceptors (Lipinski definition) is 2. The van der Waals surface area contributed by atoms with E-state index in [0.717, 1.165) is 0 Å². The molecular formula is C50H38B2N2S2. The van der Waals surface area contributed by atoms with Crippen molar-refractivity contribution in [3.05, 3.63) is 132 Å². The van der Waals surface area contributed by atoms with Gasteiger partial charge in [0.25, 0.3) is 0 Å².